The molecule has 5 rings (SSSR count). The van der Waals surface area contributed by atoms with Crippen molar-refractivity contribution in [2.75, 3.05) is 12.3 Å². The molecule has 0 radical (unpaired) electrons. The summed E-state index contributed by atoms with van der Waals surface area (Å²) in [6.07, 6.45) is 3.31. The molecule has 0 saturated carbocycles. The molecule has 6 nitrogen and oxygen atoms in total. The minimum Gasteiger partial charge on any atom is -0.493 e. The number of nitrogens with two attached hydrogens (primary N) is 1. The summed E-state index contributed by atoms with van der Waals surface area (Å²) in [5, 5.41) is 0. The molecule has 0 spiro atoms. The van der Waals surface area contributed by atoms with E-state index >= 15 is 0 Å². The van der Waals surface area contributed by atoms with Crippen molar-refractivity contribution in [1.29, 1.82) is 0 Å². The second-order valence-corrected chi connectivity index (χ2v) is 7.51. The highest BCUT2D eigenvalue weighted by atomic mass is 16.5. The Balaban J connectivity index is 1.41. The third-order valence-corrected chi connectivity index (χ3v) is 5.54. The molecule has 2 aliphatic heterocycles. The molecule has 2 aliphatic rings. The van der Waals surface area contributed by atoms with Gasteiger partial charge in [0.25, 0.3) is 0 Å². The number of nitrogens with zero attached hydrogens (tertiary/aromatic N) is 3. The van der Waals surface area contributed by atoms with Crippen LogP contribution >= 0.6 is 0 Å². The molecule has 3 heterocycles. The van der Waals surface area contributed by atoms with Gasteiger partial charge >= 0.3 is 0 Å². The molecule has 2 aromatic carbocycles. The Kier molecular flexibility index (Phi) is 4.12. The molecule has 0 amide bonds. The van der Waals surface area contributed by atoms with Crippen molar-refractivity contribution in [2.24, 2.45) is 10.9 Å². The first kappa shape index (κ1) is 17.6. The monoisotopic (exact) mass is 384 g/mol. The van der Waals surface area contributed by atoms with Gasteiger partial charge in [0.1, 0.15) is 5.75 Å². The summed E-state index contributed by atoms with van der Waals surface area (Å²) in [5.74, 6) is 1.40. The molecule has 0 aliphatic carbocycles. The van der Waals surface area contributed by atoms with E-state index in [1.165, 1.54) is 5.56 Å². The van der Waals surface area contributed by atoms with Gasteiger partial charge in [-0.05, 0) is 54.8 Å². The molecule has 0 fully saturated rings. The van der Waals surface area contributed by atoms with Crippen LogP contribution in [0.15, 0.2) is 53.7 Å². The van der Waals surface area contributed by atoms with Crippen LogP contribution in [-0.2, 0) is 12.8 Å². The maximum atomic E-state index is 11.7. The van der Waals surface area contributed by atoms with Crippen LogP contribution in [-0.4, -0.2) is 28.1 Å². The summed E-state index contributed by atoms with van der Waals surface area (Å²) in [4.78, 5) is 24.9. The summed E-state index contributed by atoms with van der Waals surface area (Å²) in [6.45, 7) is 2.19. The van der Waals surface area contributed by atoms with Gasteiger partial charge in [0.15, 0.2) is 5.78 Å². The van der Waals surface area contributed by atoms with Gasteiger partial charge in [0.2, 0.25) is 5.95 Å². The topological polar surface area (TPSA) is 90.5 Å². The lowest BCUT2D eigenvalue weighted by Crippen LogP contribution is -2.28. The second-order valence-electron chi connectivity index (χ2n) is 7.51. The first-order valence-electron chi connectivity index (χ1n) is 9.63. The van der Waals surface area contributed by atoms with E-state index in [0.717, 1.165) is 52.4 Å². The number of nitrogen functional groups attached to an aromatic ring is 1. The van der Waals surface area contributed by atoms with Gasteiger partial charge in [-0.1, -0.05) is 12.1 Å². The maximum Gasteiger partial charge on any atom is 0.220 e. The van der Waals surface area contributed by atoms with E-state index in [-0.39, 0.29) is 17.6 Å². The third kappa shape index (κ3) is 3.27. The second kappa shape index (κ2) is 6.81. The number of fused-ring (bicyclic) bond motifs is 2. The molecular weight excluding hydrogens is 364 g/mol. The minimum atomic E-state index is 0.0680. The van der Waals surface area contributed by atoms with Crippen LogP contribution < -0.4 is 10.5 Å². The molecule has 0 saturated heterocycles. The smallest absolute Gasteiger partial charge is 0.220 e. The number of Topliss-reactive ketones (excluding diaryl/α,β-unsaturated/α-hetero) is 1. The lowest BCUT2D eigenvalue weighted by molar-refractivity contribution is 0.101. The number of carbonyl (C=O) groups is 1. The van der Waals surface area contributed by atoms with Gasteiger partial charge in [0.05, 0.1) is 18.0 Å². The van der Waals surface area contributed by atoms with Gasteiger partial charge < -0.3 is 10.5 Å². The SMILES string of the molecule is CC(=O)c1ccc2c(c1)CC(C1=Nc3cc(-c4ccnc(N)n4)ccc3C1)CO2. The highest BCUT2D eigenvalue weighted by Gasteiger charge is 2.28. The molecule has 144 valence electrons. The Morgan fingerprint density at radius 1 is 1.14 bits per heavy atom. The van der Waals surface area contributed by atoms with Gasteiger partial charge in [-0.15, -0.1) is 0 Å². The van der Waals surface area contributed by atoms with Gasteiger partial charge in [-0.2, -0.15) is 0 Å². The van der Waals surface area contributed by atoms with E-state index < -0.39 is 0 Å². The van der Waals surface area contributed by atoms with Crippen LogP contribution in [0.4, 0.5) is 11.6 Å². The predicted octanol–water partition coefficient (Wildman–Crippen LogP) is 3.81. The van der Waals surface area contributed by atoms with Gasteiger partial charge in [0, 0.05) is 35.4 Å². The number of rotatable bonds is 3. The number of benzene rings is 2. The van der Waals surface area contributed by atoms with Crippen LogP contribution in [0.1, 0.15) is 28.4 Å². The fraction of sp³-hybridized carbons (Fsp3) is 0.217. The van der Waals surface area contributed by atoms with Gasteiger partial charge in [-0.3, -0.25) is 9.79 Å². The standard InChI is InChI=1S/C23H20N4O2/c1-13(28)14-4-5-22-17(8-14)9-18(12-29-22)21-11-16-3-2-15(10-20(16)26-21)19-6-7-25-23(24)27-19/h2-8,10,18H,9,11-12H2,1H3,(H2,24,25,27). The normalized spacial score (nSPS) is 17.1. The summed E-state index contributed by atoms with van der Waals surface area (Å²) >= 11 is 0. The lowest BCUT2D eigenvalue weighted by Gasteiger charge is -2.25. The van der Waals surface area contributed by atoms with Crippen molar-refractivity contribution in [3.63, 3.8) is 0 Å². The van der Waals surface area contributed by atoms with Crippen LogP contribution in [0.3, 0.4) is 0 Å². The number of aromatic nitrogens is 2. The average Bonchev–Trinajstić information content (AvgIpc) is 3.16. The quantitative estimate of drug-likeness (QED) is 0.694. The van der Waals surface area contributed by atoms with Gasteiger partial charge in [-0.25, -0.2) is 9.97 Å². The van der Waals surface area contributed by atoms with E-state index in [2.05, 4.69) is 22.1 Å². The van der Waals surface area contributed by atoms with Crippen molar-refractivity contribution in [1.82, 2.24) is 9.97 Å². The Morgan fingerprint density at radius 3 is 2.86 bits per heavy atom. The van der Waals surface area contributed by atoms with Crippen molar-refractivity contribution in [2.45, 2.75) is 19.8 Å². The number of hydrogen-bond donors (Lipinski definition) is 1. The molecule has 1 atom stereocenters. The highest BCUT2D eigenvalue weighted by molar-refractivity contribution is 5.97. The van der Waals surface area contributed by atoms with E-state index in [1.54, 1.807) is 13.1 Å². The van der Waals surface area contributed by atoms with E-state index in [1.807, 2.05) is 30.3 Å². The van der Waals surface area contributed by atoms with Crippen LogP contribution in [0, 0.1) is 5.92 Å². The molecule has 0 bridgehead atoms. The first-order chi connectivity index (χ1) is 14.1. The van der Waals surface area contributed by atoms with Crippen molar-refractivity contribution >= 4 is 23.1 Å². The summed E-state index contributed by atoms with van der Waals surface area (Å²) < 4.78 is 5.97. The third-order valence-electron chi connectivity index (χ3n) is 5.54. The molecule has 1 aromatic heterocycles. The Labute approximate surface area is 168 Å². The molecule has 6 heteroatoms. The van der Waals surface area contributed by atoms with E-state index in [9.17, 15) is 4.79 Å². The van der Waals surface area contributed by atoms with Crippen molar-refractivity contribution < 1.29 is 9.53 Å². The first-order valence-corrected chi connectivity index (χ1v) is 9.63. The minimum absolute atomic E-state index is 0.0680. The molecule has 29 heavy (non-hydrogen) atoms. The Hall–Kier alpha value is -3.54. The summed E-state index contributed by atoms with van der Waals surface area (Å²) in [5.41, 5.74) is 12.6. The average molecular weight is 384 g/mol. The fourth-order valence-corrected chi connectivity index (χ4v) is 3.96. The van der Waals surface area contributed by atoms with Crippen molar-refractivity contribution in [3.05, 3.63) is 65.4 Å². The fourth-order valence-electron chi connectivity index (χ4n) is 3.96. The maximum absolute atomic E-state index is 11.7. The lowest BCUT2D eigenvalue weighted by atomic mass is 9.89. The number of aliphatic imine (C=N–C) groups is 1. The zero-order valence-electron chi connectivity index (χ0n) is 16.1. The number of anilines is 1. The number of carbonyl (C=O) groups excluding carboxylic acids is 1. The number of hydrogen-bond acceptors (Lipinski definition) is 6. The number of ketones is 1. The van der Waals surface area contributed by atoms with Crippen molar-refractivity contribution in [3.8, 4) is 17.0 Å². The molecule has 2 N–H and O–H groups in total. The van der Waals surface area contributed by atoms with Crippen LogP contribution in [0.5, 0.6) is 5.75 Å². The highest BCUT2D eigenvalue weighted by Crippen LogP contribution is 2.36. The molecule has 1 unspecified atom stereocenters. The Bertz CT molecular complexity index is 1170. The molecule has 3 aromatic rings. The predicted molar refractivity (Wildman–Crippen MR) is 112 cm³/mol. The largest absolute Gasteiger partial charge is 0.493 e. The summed E-state index contributed by atoms with van der Waals surface area (Å²) in [7, 11) is 0. The molecular formula is C23H20N4O2. The summed E-state index contributed by atoms with van der Waals surface area (Å²) in [6, 6.07) is 13.7. The van der Waals surface area contributed by atoms with Crippen LogP contribution in [0.25, 0.3) is 11.3 Å². The zero-order valence-corrected chi connectivity index (χ0v) is 16.1. The van der Waals surface area contributed by atoms with Crippen LogP contribution in [0.2, 0.25) is 0 Å². The zero-order chi connectivity index (χ0) is 20.0. The van der Waals surface area contributed by atoms with E-state index in [0.29, 0.717) is 6.61 Å². The van der Waals surface area contributed by atoms with E-state index in [4.69, 9.17) is 15.5 Å². The Morgan fingerprint density at radius 2 is 2.03 bits per heavy atom. The number of ether oxygens (including phenoxy) is 1.